The van der Waals surface area contributed by atoms with Crippen molar-refractivity contribution >= 4 is 33.6 Å². The molecule has 0 fully saturated rings. The van der Waals surface area contributed by atoms with Crippen molar-refractivity contribution in [2.45, 2.75) is 6.54 Å². The zero-order valence-corrected chi connectivity index (χ0v) is 16.0. The number of imidazole rings is 1. The molecular weight excluding hydrogens is 375 g/mol. The van der Waals surface area contributed by atoms with Crippen LogP contribution in [0.3, 0.4) is 0 Å². The maximum Gasteiger partial charge on any atom is 0.149 e. The standard InChI is InChI=1S/C25H17FN4/c26-20-10-11-22-23(13-20)29-25(28-22)18(14-27)12-19-16-30(15-17-6-2-1-3-7-17)24-9-5-4-8-21(19)24/h1-13,16H,15H2,(H,28,29)/b18-12-. The van der Waals surface area contributed by atoms with E-state index >= 15 is 0 Å². The fourth-order valence-corrected chi connectivity index (χ4v) is 3.72. The minimum atomic E-state index is -0.343. The van der Waals surface area contributed by atoms with Gasteiger partial charge in [0.05, 0.1) is 16.6 Å². The molecule has 0 radical (unpaired) electrons. The van der Waals surface area contributed by atoms with E-state index in [0.29, 0.717) is 22.4 Å². The van der Waals surface area contributed by atoms with Crippen molar-refractivity contribution in [3.63, 3.8) is 0 Å². The van der Waals surface area contributed by atoms with Crippen molar-refractivity contribution in [1.82, 2.24) is 14.5 Å². The molecule has 0 aliphatic heterocycles. The summed E-state index contributed by atoms with van der Waals surface area (Å²) in [5, 5.41) is 10.8. The Bertz CT molecular complexity index is 1430. The van der Waals surface area contributed by atoms with Gasteiger partial charge in [0.2, 0.25) is 0 Å². The highest BCUT2D eigenvalue weighted by molar-refractivity contribution is 5.98. The number of benzene rings is 3. The first-order valence-corrected chi connectivity index (χ1v) is 9.60. The van der Waals surface area contributed by atoms with E-state index < -0.39 is 0 Å². The number of aromatic nitrogens is 3. The number of nitriles is 1. The Balaban J connectivity index is 1.60. The minimum Gasteiger partial charge on any atom is -0.342 e. The number of para-hydroxylation sites is 1. The second-order valence-electron chi connectivity index (χ2n) is 7.13. The van der Waals surface area contributed by atoms with Gasteiger partial charge in [0, 0.05) is 29.2 Å². The number of fused-ring (bicyclic) bond motifs is 2. The Kier molecular flexibility index (Phi) is 4.38. The SMILES string of the molecule is N#C/C(=C/c1cn(Cc2ccccc2)c2ccccc12)c1nc2ccc(F)cc2[nH]1. The molecule has 144 valence electrons. The number of hydrogen-bond donors (Lipinski definition) is 1. The van der Waals surface area contributed by atoms with Gasteiger partial charge in [-0.3, -0.25) is 0 Å². The lowest BCUT2D eigenvalue weighted by Gasteiger charge is -2.05. The first kappa shape index (κ1) is 17.9. The van der Waals surface area contributed by atoms with E-state index in [0.717, 1.165) is 23.0 Å². The first-order chi connectivity index (χ1) is 14.7. The number of nitrogens with one attached hydrogen (secondary N) is 1. The molecule has 5 heteroatoms. The average Bonchev–Trinajstić information content (AvgIpc) is 3.34. The van der Waals surface area contributed by atoms with E-state index in [4.69, 9.17) is 0 Å². The van der Waals surface area contributed by atoms with Crippen LogP contribution >= 0.6 is 0 Å². The fourth-order valence-electron chi connectivity index (χ4n) is 3.72. The number of rotatable bonds is 4. The zero-order valence-electron chi connectivity index (χ0n) is 16.0. The lowest BCUT2D eigenvalue weighted by Crippen LogP contribution is -1.97. The van der Waals surface area contributed by atoms with Gasteiger partial charge in [0.15, 0.2) is 0 Å². The molecule has 0 aliphatic rings. The Morgan fingerprint density at radius 2 is 1.87 bits per heavy atom. The van der Waals surface area contributed by atoms with Crippen LogP contribution in [-0.2, 0) is 6.54 Å². The zero-order chi connectivity index (χ0) is 20.5. The van der Waals surface area contributed by atoms with Gasteiger partial charge >= 0.3 is 0 Å². The summed E-state index contributed by atoms with van der Waals surface area (Å²) in [6.45, 7) is 0.737. The summed E-state index contributed by atoms with van der Waals surface area (Å²) in [5.41, 5.74) is 4.82. The molecule has 2 heterocycles. The first-order valence-electron chi connectivity index (χ1n) is 9.60. The molecule has 3 aromatic carbocycles. The highest BCUT2D eigenvalue weighted by Crippen LogP contribution is 2.27. The molecule has 0 saturated carbocycles. The molecule has 0 unspecified atom stereocenters. The number of halogens is 1. The van der Waals surface area contributed by atoms with E-state index in [9.17, 15) is 9.65 Å². The molecule has 0 aliphatic carbocycles. The number of hydrogen-bond acceptors (Lipinski definition) is 2. The molecule has 2 aromatic heterocycles. The monoisotopic (exact) mass is 392 g/mol. The smallest absolute Gasteiger partial charge is 0.149 e. The Morgan fingerprint density at radius 3 is 2.70 bits per heavy atom. The summed E-state index contributed by atoms with van der Waals surface area (Å²) in [6, 6.07) is 24.9. The number of aromatic amines is 1. The molecule has 0 saturated heterocycles. The number of nitrogens with zero attached hydrogens (tertiary/aromatic N) is 3. The van der Waals surface area contributed by atoms with Crippen molar-refractivity contribution in [2.24, 2.45) is 0 Å². The Morgan fingerprint density at radius 1 is 1.07 bits per heavy atom. The van der Waals surface area contributed by atoms with Crippen LogP contribution in [0.1, 0.15) is 17.0 Å². The molecular formula is C25H17FN4. The van der Waals surface area contributed by atoms with Crippen molar-refractivity contribution in [1.29, 1.82) is 5.26 Å². The largest absolute Gasteiger partial charge is 0.342 e. The van der Waals surface area contributed by atoms with Crippen LogP contribution < -0.4 is 0 Å². The van der Waals surface area contributed by atoms with Crippen LogP contribution in [0, 0.1) is 17.1 Å². The summed E-state index contributed by atoms with van der Waals surface area (Å²) >= 11 is 0. The summed E-state index contributed by atoms with van der Waals surface area (Å²) in [7, 11) is 0. The Labute approximate surface area is 172 Å². The highest BCUT2D eigenvalue weighted by atomic mass is 19.1. The minimum absolute atomic E-state index is 0.343. The summed E-state index contributed by atoms with van der Waals surface area (Å²) in [5.74, 6) is 0.0853. The third kappa shape index (κ3) is 3.25. The third-order valence-electron chi connectivity index (χ3n) is 5.13. The quantitative estimate of drug-likeness (QED) is 0.395. The van der Waals surface area contributed by atoms with E-state index in [2.05, 4.69) is 45.0 Å². The van der Waals surface area contributed by atoms with Gasteiger partial charge in [-0.15, -0.1) is 0 Å². The molecule has 5 rings (SSSR count). The van der Waals surface area contributed by atoms with Crippen molar-refractivity contribution in [2.75, 3.05) is 0 Å². The molecule has 4 nitrogen and oxygen atoms in total. The second-order valence-corrected chi connectivity index (χ2v) is 7.13. The van der Waals surface area contributed by atoms with Crippen LogP contribution in [0.2, 0.25) is 0 Å². The molecule has 0 spiro atoms. The molecule has 30 heavy (non-hydrogen) atoms. The summed E-state index contributed by atoms with van der Waals surface area (Å²) in [6.07, 6.45) is 3.88. The second kappa shape index (κ2) is 7.34. The van der Waals surface area contributed by atoms with Crippen molar-refractivity contribution in [3.05, 3.63) is 102 Å². The number of H-pyrrole nitrogens is 1. The topological polar surface area (TPSA) is 57.4 Å². The predicted molar refractivity (Wildman–Crippen MR) is 117 cm³/mol. The van der Waals surface area contributed by atoms with Gasteiger partial charge in [0.1, 0.15) is 17.7 Å². The van der Waals surface area contributed by atoms with Gasteiger partial charge in [0.25, 0.3) is 0 Å². The van der Waals surface area contributed by atoms with Crippen molar-refractivity contribution in [3.8, 4) is 6.07 Å². The van der Waals surface area contributed by atoms with Gasteiger partial charge < -0.3 is 9.55 Å². The van der Waals surface area contributed by atoms with Gasteiger partial charge in [-0.25, -0.2) is 9.37 Å². The molecule has 0 amide bonds. The van der Waals surface area contributed by atoms with Crippen LogP contribution in [0.5, 0.6) is 0 Å². The summed E-state index contributed by atoms with van der Waals surface area (Å²) in [4.78, 5) is 7.51. The molecule has 0 bridgehead atoms. The molecule has 5 aromatic rings. The molecule has 1 N–H and O–H groups in total. The lowest BCUT2D eigenvalue weighted by atomic mass is 10.1. The van der Waals surface area contributed by atoms with Crippen molar-refractivity contribution < 1.29 is 4.39 Å². The molecule has 0 atom stereocenters. The highest BCUT2D eigenvalue weighted by Gasteiger charge is 2.12. The Hall–Kier alpha value is -4.17. The van der Waals surface area contributed by atoms with E-state index in [1.54, 1.807) is 6.07 Å². The van der Waals surface area contributed by atoms with Crippen LogP contribution in [0.25, 0.3) is 33.6 Å². The number of allylic oxidation sites excluding steroid dienone is 1. The lowest BCUT2D eigenvalue weighted by molar-refractivity contribution is 0.629. The van der Waals surface area contributed by atoms with E-state index in [-0.39, 0.29) is 5.82 Å². The third-order valence-corrected chi connectivity index (χ3v) is 5.13. The summed E-state index contributed by atoms with van der Waals surface area (Å²) < 4.78 is 15.7. The average molecular weight is 392 g/mol. The van der Waals surface area contributed by atoms with Gasteiger partial charge in [-0.2, -0.15) is 5.26 Å². The van der Waals surface area contributed by atoms with E-state index in [1.165, 1.54) is 17.7 Å². The normalized spacial score (nSPS) is 11.8. The van der Waals surface area contributed by atoms with Gasteiger partial charge in [-0.05, 0) is 35.9 Å². The maximum absolute atomic E-state index is 13.5. The van der Waals surface area contributed by atoms with Crippen LogP contribution in [0.4, 0.5) is 4.39 Å². The predicted octanol–water partition coefficient (Wildman–Crippen LogP) is 5.77. The van der Waals surface area contributed by atoms with Gasteiger partial charge in [-0.1, -0.05) is 48.5 Å². The van der Waals surface area contributed by atoms with Crippen LogP contribution in [0.15, 0.2) is 79.0 Å². The fraction of sp³-hybridized carbons (Fsp3) is 0.0400. The maximum atomic E-state index is 13.5. The van der Waals surface area contributed by atoms with E-state index in [1.807, 2.05) is 42.5 Å². The van der Waals surface area contributed by atoms with Crippen LogP contribution in [-0.4, -0.2) is 14.5 Å².